The number of amides is 1. The quantitative estimate of drug-likeness (QED) is 0.799. The first-order chi connectivity index (χ1) is 10.4. The maximum absolute atomic E-state index is 11.9. The number of aromatic carboxylic acids is 1. The molecule has 2 heterocycles. The van der Waals surface area contributed by atoms with Crippen LogP contribution in [0.25, 0.3) is 0 Å². The topological polar surface area (TPSA) is 84.2 Å². The van der Waals surface area contributed by atoms with Crippen molar-refractivity contribution in [2.75, 3.05) is 6.54 Å². The summed E-state index contributed by atoms with van der Waals surface area (Å²) in [5.74, 6) is -1.23. The van der Waals surface area contributed by atoms with Gasteiger partial charge in [0.1, 0.15) is 4.88 Å². The van der Waals surface area contributed by atoms with Gasteiger partial charge in [-0.2, -0.15) is 5.10 Å². The number of carbonyl (C=O) groups is 2. The normalized spacial score (nSPS) is 10.7. The smallest absolute Gasteiger partial charge is 0.345 e. The fraction of sp³-hybridized carbons (Fsp3) is 0.400. The fourth-order valence-electron chi connectivity index (χ4n) is 2.31. The number of aromatic nitrogens is 2. The van der Waals surface area contributed by atoms with Crippen molar-refractivity contribution < 1.29 is 14.7 Å². The minimum absolute atomic E-state index is 0.173. The molecule has 0 aromatic carbocycles. The van der Waals surface area contributed by atoms with Crippen LogP contribution in [0, 0.1) is 13.8 Å². The number of hydrogen-bond acceptors (Lipinski definition) is 4. The maximum Gasteiger partial charge on any atom is 0.345 e. The summed E-state index contributed by atoms with van der Waals surface area (Å²) >= 11 is 0.987. The molecule has 0 bridgehead atoms. The SMILES string of the molecule is Cc1nn(C)c(C)c1CCCNC(=O)c1ccc(C(=O)O)s1. The lowest BCUT2D eigenvalue weighted by atomic mass is 10.1. The minimum atomic E-state index is -1.01. The molecule has 0 aliphatic carbocycles. The number of carbonyl (C=O) groups excluding carboxylic acids is 1. The highest BCUT2D eigenvalue weighted by Crippen LogP contribution is 2.16. The number of hydrogen-bond donors (Lipinski definition) is 2. The number of aryl methyl sites for hydroxylation is 2. The third-order valence-electron chi connectivity index (χ3n) is 3.59. The third kappa shape index (κ3) is 3.54. The Hall–Kier alpha value is -2.15. The Labute approximate surface area is 132 Å². The molecule has 118 valence electrons. The second kappa shape index (κ2) is 6.74. The van der Waals surface area contributed by atoms with Gasteiger partial charge in [-0.3, -0.25) is 9.48 Å². The highest BCUT2D eigenvalue weighted by Gasteiger charge is 2.13. The van der Waals surface area contributed by atoms with E-state index in [2.05, 4.69) is 10.4 Å². The van der Waals surface area contributed by atoms with Crippen LogP contribution in [0.2, 0.25) is 0 Å². The first kappa shape index (κ1) is 16.2. The van der Waals surface area contributed by atoms with E-state index in [1.54, 1.807) is 6.07 Å². The van der Waals surface area contributed by atoms with Gasteiger partial charge in [0.2, 0.25) is 0 Å². The van der Waals surface area contributed by atoms with Crippen LogP contribution >= 0.6 is 11.3 Å². The van der Waals surface area contributed by atoms with Crippen LogP contribution < -0.4 is 5.32 Å². The predicted octanol–water partition coefficient (Wildman–Crippen LogP) is 2.16. The van der Waals surface area contributed by atoms with E-state index in [4.69, 9.17) is 5.11 Å². The fourth-order valence-corrected chi connectivity index (χ4v) is 3.07. The van der Waals surface area contributed by atoms with Crippen molar-refractivity contribution >= 4 is 23.2 Å². The minimum Gasteiger partial charge on any atom is -0.477 e. The number of thiophene rings is 1. The molecule has 0 aliphatic heterocycles. The van der Waals surface area contributed by atoms with Crippen LogP contribution in [0.5, 0.6) is 0 Å². The molecule has 0 atom stereocenters. The average molecular weight is 321 g/mol. The second-order valence-electron chi connectivity index (χ2n) is 5.10. The molecule has 0 saturated carbocycles. The van der Waals surface area contributed by atoms with Gasteiger partial charge in [0, 0.05) is 19.3 Å². The Morgan fingerprint density at radius 3 is 2.55 bits per heavy atom. The second-order valence-corrected chi connectivity index (χ2v) is 6.19. The summed E-state index contributed by atoms with van der Waals surface area (Å²) in [6.07, 6.45) is 1.67. The molecular formula is C15H19N3O3S. The molecule has 2 N–H and O–H groups in total. The van der Waals surface area contributed by atoms with E-state index >= 15 is 0 Å². The Morgan fingerprint density at radius 1 is 1.32 bits per heavy atom. The summed E-state index contributed by atoms with van der Waals surface area (Å²) < 4.78 is 1.86. The first-order valence-electron chi connectivity index (χ1n) is 7.00. The Bertz CT molecular complexity index is 703. The molecule has 2 rings (SSSR count). The van der Waals surface area contributed by atoms with Crippen LogP contribution in [0.1, 0.15) is 42.7 Å². The lowest BCUT2D eigenvalue weighted by Crippen LogP contribution is -2.23. The van der Waals surface area contributed by atoms with Crippen molar-refractivity contribution in [1.29, 1.82) is 0 Å². The Kier molecular flexibility index (Phi) is 4.97. The highest BCUT2D eigenvalue weighted by molar-refractivity contribution is 7.15. The molecule has 2 aromatic rings. The molecular weight excluding hydrogens is 302 g/mol. The summed E-state index contributed by atoms with van der Waals surface area (Å²) in [5.41, 5.74) is 3.39. The summed E-state index contributed by atoms with van der Waals surface area (Å²) in [5, 5.41) is 16.0. The molecule has 0 aliphatic rings. The van der Waals surface area contributed by atoms with Gasteiger partial charge < -0.3 is 10.4 Å². The zero-order valence-electron chi connectivity index (χ0n) is 12.8. The van der Waals surface area contributed by atoms with Crippen LogP contribution in [0.15, 0.2) is 12.1 Å². The largest absolute Gasteiger partial charge is 0.477 e. The van der Waals surface area contributed by atoms with Crippen molar-refractivity contribution in [1.82, 2.24) is 15.1 Å². The molecule has 0 fully saturated rings. The number of carboxylic acid groups (broad SMARTS) is 1. The molecule has 7 heteroatoms. The molecule has 1 amide bonds. The number of nitrogens with one attached hydrogen (secondary N) is 1. The van der Waals surface area contributed by atoms with Crippen LogP contribution in [-0.4, -0.2) is 33.3 Å². The lowest BCUT2D eigenvalue weighted by Gasteiger charge is -2.04. The molecule has 0 spiro atoms. The lowest BCUT2D eigenvalue weighted by molar-refractivity contribution is 0.0702. The molecule has 0 unspecified atom stereocenters. The zero-order chi connectivity index (χ0) is 16.3. The summed E-state index contributed by atoms with van der Waals surface area (Å²) in [4.78, 5) is 23.3. The van der Waals surface area contributed by atoms with Gasteiger partial charge >= 0.3 is 5.97 Å². The Balaban J connectivity index is 1.83. The van der Waals surface area contributed by atoms with E-state index < -0.39 is 5.97 Å². The third-order valence-corrected chi connectivity index (χ3v) is 4.66. The van der Waals surface area contributed by atoms with E-state index in [9.17, 15) is 9.59 Å². The molecule has 0 radical (unpaired) electrons. The number of nitrogens with zero attached hydrogens (tertiary/aromatic N) is 2. The van der Waals surface area contributed by atoms with Gasteiger partial charge in [-0.25, -0.2) is 4.79 Å². The molecule has 0 saturated heterocycles. The molecule has 2 aromatic heterocycles. The standard InChI is InChI=1S/C15H19N3O3S/c1-9-11(10(2)18(3)17-9)5-4-8-16-14(19)12-6-7-13(22-12)15(20)21/h6-7H,4-5,8H2,1-3H3,(H,16,19)(H,20,21). The zero-order valence-corrected chi connectivity index (χ0v) is 13.7. The van der Waals surface area contributed by atoms with Crippen molar-refractivity contribution in [3.8, 4) is 0 Å². The molecule has 22 heavy (non-hydrogen) atoms. The van der Waals surface area contributed by atoms with Gasteiger partial charge in [0.25, 0.3) is 5.91 Å². The van der Waals surface area contributed by atoms with Gasteiger partial charge in [0.05, 0.1) is 10.6 Å². The summed E-state index contributed by atoms with van der Waals surface area (Å²) in [7, 11) is 1.92. The predicted molar refractivity (Wildman–Crippen MR) is 84.6 cm³/mol. The van der Waals surface area contributed by atoms with Crippen LogP contribution in [0.4, 0.5) is 0 Å². The van der Waals surface area contributed by atoms with E-state index in [0.717, 1.165) is 35.6 Å². The summed E-state index contributed by atoms with van der Waals surface area (Å²) in [6, 6.07) is 2.99. The highest BCUT2D eigenvalue weighted by atomic mass is 32.1. The van der Waals surface area contributed by atoms with Crippen molar-refractivity contribution in [2.24, 2.45) is 7.05 Å². The van der Waals surface area contributed by atoms with E-state index in [-0.39, 0.29) is 10.8 Å². The van der Waals surface area contributed by atoms with Crippen molar-refractivity contribution in [3.63, 3.8) is 0 Å². The van der Waals surface area contributed by atoms with Crippen LogP contribution in [0.3, 0.4) is 0 Å². The van der Waals surface area contributed by atoms with E-state index in [0.29, 0.717) is 11.4 Å². The average Bonchev–Trinajstić information content (AvgIpc) is 3.03. The summed E-state index contributed by atoms with van der Waals surface area (Å²) in [6.45, 7) is 4.57. The van der Waals surface area contributed by atoms with Gasteiger partial charge in [-0.1, -0.05) is 0 Å². The van der Waals surface area contributed by atoms with Crippen molar-refractivity contribution in [3.05, 3.63) is 38.8 Å². The molecule has 6 nitrogen and oxygen atoms in total. The van der Waals surface area contributed by atoms with Gasteiger partial charge in [-0.15, -0.1) is 11.3 Å². The number of rotatable bonds is 6. The van der Waals surface area contributed by atoms with E-state index in [1.807, 2.05) is 25.6 Å². The van der Waals surface area contributed by atoms with Crippen LogP contribution in [-0.2, 0) is 13.5 Å². The van der Waals surface area contributed by atoms with E-state index in [1.165, 1.54) is 11.6 Å². The number of carboxylic acids is 1. The first-order valence-corrected chi connectivity index (χ1v) is 7.82. The maximum atomic E-state index is 11.9. The van der Waals surface area contributed by atoms with Gasteiger partial charge in [0.15, 0.2) is 0 Å². The Morgan fingerprint density at radius 2 is 2.00 bits per heavy atom. The monoisotopic (exact) mass is 321 g/mol. The van der Waals surface area contributed by atoms with Crippen molar-refractivity contribution in [2.45, 2.75) is 26.7 Å². The van der Waals surface area contributed by atoms with Gasteiger partial charge in [-0.05, 0) is 44.4 Å².